The van der Waals surface area contributed by atoms with Gasteiger partial charge < -0.3 is 9.80 Å². The molecule has 12 heteroatoms. The highest BCUT2D eigenvalue weighted by atomic mass is 32.1. The number of benzene rings is 1. The monoisotopic (exact) mass is 489 g/mol. The molecule has 1 aliphatic heterocycles. The van der Waals surface area contributed by atoms with E-state index >= 15 is 0 Å². The quantitative estimate of drug-likeness (QED) is 0.383. The van der Waals surface area contributed by atoms with E-state index in [1.54, 1.807) is 32.6 Å². The summed E-state index contributed by atoms with van der Waals surface area (Å²) in [6, 6.07) is 9.80. The summed E-state index contributed by atoms with van der Waals surface area (Å²) in [6.45, 7) is 2.24. The standard InChI is InChI=1S/C23H20FN9OS/c1-30-20-17(13-27-30)21(26-14-25-20)31-8-10-32(11-9-31)23(34)19-28-22(18-3-2-12-35-18)33(29-19)16-6-4-15(24)5-7-16/h2-7,12-14H,8-11H2,1H3. The van der Waals surface area contributed by atoms with E-state index in [2.05, 4.69) is 30.0 Å². The molecule has 1 aliphatic rings. The van der Waals surface area contributed by atoms with Gasteiger partial charge in [-0.1, -0.05) is 6.07 Å². The molecule has 0 saturated carbocycles. The van der Waals surface area contributed by atoms with Gasteiger partial charge in [-0.2, -0.15) is 5.10 Å². The van der Waals surface area contributed by atoms with Gasteiger partial charge in [-0.3, -0.25) is 9.48 Å². The summed E-state index contributed by atoms with van der Waals surface area (Å²) in [7, 11) is 1.85. The number of hydrogen-bond donors (Lipinski definition) is 0. The Morgan fingerprint density at radius 3 is 2.60 bits per heavy atom. The van der Waals surface area contributed by atoms with Crippen LogP contribution in [0.4, 0.5) is 10.2 Å². The van der Waals surface area contributed by atoms with Crippen molar-refractivity contribution in [1.82, 2.24) is 39.4 Å². The second kappa shape index (κ2) is 8.55. The molecule has 1 amide bonds. The number of piperazine rings is 1. The molecule has 1 aromatic carbocycles. The summed E-state index contributed by atoms with van der Waals surface area (Å²) in [5.74, 6) is 0.899. The van der Waals surface area contributed by atoms with Gasteiger partial charge in [0.15, 0.2) is 11.5 Å². The smallest absolute Gasteiger partial charge is 0.293 e. The topological polar surface area (TPSA) is 97.9 Å². The number of aryl methyl sites for hydroxylation is 1. The molecule has 0 unspecified atom stereocenters. The lowest BCUT2D eigenvalue weighted by molar-refractivity contribution is 0.0734. The van der Waals surface area contributed by atoms with Crippen molar-refractivity contribution in [1.29, 1.82) is 0 Å². The van der Waals surface area contributed by atoms with Crippen LogP contribution in [0.2, 0.25) is 0 Å². The maximum absolute atomic E-state index is 13.5. The van der Waals surface area contributed by atoms with E-state index in [0.29, 0.717) is 37.7 Å². The lowest BCUT2D eigenvalue weighted by Gasteiger charge is -2.35. The average Bonchev–Trinajstić information content (AvgIpc) is 3.64. The van der Waals surface area contributed by atoms with Crippen LogP contribution >= 0.6 is 11.3 Å². The minimum Gasteiger partial charge on any atom is -0.352 e. The van der Waals surface area contributed by atoms with Gasteiger partial charge >= 0.3 is 0 Å². The first-order valence-electron chi connectivity index (χ1n) is 11.0. The first-order chi connectivity index (χ1) is 17.1. The number of carbonyl (C=O) groups excluding carboxylic acids is 1. The Labute approximate surface area is 203 Å². The van der Waals surface area contributed by atoms with Crippen LogP contribution in [-0.2, 0) is 7.05 Å². The minimum atomic E-state index is -0.340. The predicted molar refractivity (Wildman–Crippen MR) is 129 cm³/mol. The average molecular weight is 490 g/mol. The molecule has 0 bridgehead atoms. The summed E-state index contributed by atoms with van der Waals surface area (Å²) in [4.78, 5) is 31.4. The van der Waals surface area contributed by atoms with Gasteiger partial charge in [0.05, 0.1) is 22.1 Å². The lowest BCUT2D eigenvalue weighted by Crippen LogP contribution is -2.49. The van der Waals surface area contributed by atoms with E-state index in [1.807, 2.05) is 24.6 Å². The van der Waals surface area contributed by atoms with E-state index in [4.69, 9.17) is 0 Å². The minimum absolute atomic E-state index is 0.114. The Balaban J connectivity index is 1.25. The number of anilines is 1. The van der Waals surface area contributed by atoms with Crippen molar-refractivity contribution in [2.24, 2.45) is 7.05 Å². The van der Waals surface area contributed by atoms with Gasteiger partial charge in [0, 0.05) is 33.2 Å². The van der Waals surface area contributed by atoms with Crippen LogP contribution in [0.3, 0.4) is 0 Å². The predicted octanol–water partition coefficient (Wildman–Crippen LogP) is 2.77. The first-order valence-corrected chi connectivity index (χ1v) is 11.9. The molecule has 0 radical (unpaired) electrons. The fourth-order valence-corrected chi connectivity index (χ4v) is 4.89. The molecule has 10 nitrogen and oxygen atoms in total. The highest BCUT2D eigenvalue weighted by Gasteiger charge is 2.28. The highest BCUT2D eigenvalue weighted by Crippen LogP contribution is 2.27. The zero-order chi connectivity index (χ0) is 23.9. The summed E-state index contributed by atoms with van der Waals surface area (Å²) < 4.78 is 16.8. The Morgan fingerprint density at radius 1 is 1.06 bits per heavy atom. The molecule has 5 heterocycles. The van der Waals surface area contributed by atoms with Gasteiger partial charge in [0.2, 0.25) is 5.82 Å². The largest absolute Gasteiger partial charge is 0.352 e. The number of rotatable bonds is 4. The summed E-state index contributed by atoms with van der Waals surface area (Å²) >= 11 is 1.50. The second-order valence-electron chi connectivity index (χ2n) is 8.11. The van der Waals surface area contributed by atoms with Gasteiger partial charge in [-0.05, 0) is 35.7 Å². The molecule has 0 atom stereocenters. The van der Waals surface area contributed by atoms with Gasteiger partial charge in [-0.15, -0.1) is 16.4 Å². The van der Waals surface area contributed by atoms with Crippen molar-refractivity contribution in [2.75, 3.05) is 31.1 Å². The molecular weight excluding hydrogens is 469 g/mol. The molecule has 0 aliphatic carbocycles. The number of hydrogen-bond acceptors (Lipinski definition) is 8. The molecule has 4 aromatic heterocycles. The molecule has 0 N–H and O–H groups in total. The van der Waals surface area contributed by atoms with Crippen LogP contribution in [0.25, 0.3) is 27.4 Å². The van der Waals surface area contributed by atoms with Crippen LogP contribution in [0.1, 0.15) is 10.6 Å². The van der Waals surface area contributed by atoms with E-state index in [0.717, 1.165) is 21.7 Å². The number of aromatic nitrogens is 7. The van der Waals surface area contributed by atoms with Crippen molar-refractivity contribution < 1.29 is 9.18 Å². The van der Waals surface area contributed by atoms with E-state index in [-0.39, 0.29) is 17.5 Å². The molecule has 6 rings (SSSR count). The molecule has 0 spiro atoms. The Morgan fingerprint density at radius 2 is 1.86 bits per heavy atom. The lowest BCUT2D eigenvalue weighted by atomic mass is 10.2. The molecule has 35 heavy (non-hydrogen) atoms. The van der Waals surface area contributed by atoms with E-state index in [9.17, 15) is 9.18 Å². The van der Waals surface area contributed by atoms with Gasteiger partial charge in [-0.25, -0.2) is 24.0 Å². The van der Waals surface area contributed by atoms with Crippen LogP contribution in [-0.4, -0.2) is 71.5 Å². The van der Waals surface area contributed by atoms with Crippen LogP contribution in [0.5, 0.6) is 0 Å². The number of thiophene rings is 1. The maximum Gasteiger partial charge on any atom is 0.293 e. The van der Waals surface area contributed by atoms with Gasteiger partial charge in [0.1, 0.15) is 18.0 Å². The number of fused-ring (bicyclic) bond motifs is 1. The van der Waals surface area contributed by atoms with E-state index < -0.39 is 0 Å². The Bertz CT molecular complexity index is 1500. The fraction of sp³-hybridized carbons (Fsp3) is 0.217. The molecule has 5 aromatic rings. The van der Waals surface area contributed by atoms with Crippen LogP contribution in [0.15, 0.2) is 54.3 Å². The molecule has 176 valence electrons. The first kappa shape index (κ1) is 21.4. The third kappa shape index (κ3) is 3.81. The van der Waals surface area contributed by atoms with Crippen molar-refractivity contribution in [3.05, 3.63) is 65.9 Å². The van der Waals surface area contributed by atoms with Gasteiger partial charge in [0.25, 0.3) is 5.91 Å². The van der Waals surface area contributed by atoms with Crippen molar-refractivity contribution in [3.63, 3.8) is 0 Å². The maximum atomic E-state index is 13.5. The van der Waals surface area contributed by atoms with Crippen LogP contribution in [0, 0.1) is 5.82 Å². The summed E-state index contributed by atoms with van der Waals surface area (Å²) in [6.07, 6.45) is 3.30. The SMILES string of the molecule is Cn1ncc2c(N3CCN(C(=O)c4nc(-c5cccs5)n(-c5ccc(F)cc5)n4)CC3)ncnc21. The highest BCUT2D eigenvalue weighted by molar-refractivity contribution is 7.13. The third-order valence-corrected chi connectivity index (χ3v) is 6.85. The fourth-order valence-electron chi connectivity index (χ4n) is 4.19. The van der Waals surface area contributed by atoms with Crippen molar-refractivity contribution >= 4 is 34.1 Å². The zero-order valence-electron chi connectivity index (χ0n) is 18.7. The molecular formula is C23H20FN9OS. The second-order valence-corrected chi connectivity index (χ2v) is 9.05. The molecule has 1 saturated heterocycles. The number of amides is 1. The summed E-state index contributed by atoms with van der Waals surface area (Å²) in [5.41, 5.74) is 1.40. The van der Waals surface area contributed by atoms with Crippen molar-refractivity contribution in [2.45, 2.75) is 0 Å². The van der Waals surface area contributed by atoms with Crippen LogP contribution < -0.4 is 4.90 Å². The zero-order valence-corrected chi connectivity index (χ0v) is 19.6. The Kier molecular flexibility index (Phi) is 5.21. The number of carbonyl (C=O) groups is 1. The van der Waals surface area contributed by atoms with Crippen molar-refractivity contribution in [3.8, 4) is 16.4 Å². The Hall–Kier alpha value is -4.19. The number of halogens is 1. The third-order valence-electron chi connectivity index (χ3n) is 5.99. The number of nitrogens with zero attached hydrogens (tertiary/aromatic N) is 9. The normalized spacial score (nSPS) is 14.1. The molecule has 1 fully saturated rings. The summed E-state index contributed by atoms with van der Waals surface area (Å²) in [5, 5.41) is 11.6. The van der Waals surface area contributed by atoms with E-state index in [1.165, 1.54) is 29.8 Å².